The van der Waals surface area contributed by atoms with E-state index in [1.165, 1.54) is 12.8 Å². The van der Waals surface area contributed by atoms with Gasteiger partial charge in [0.25, 0.3) is 5.69 Å². The number of benzene rings is 1. The Bertz CT molecular complexity index is 437. The molecule has 1 aromatic carbocycles. The quantitative estimate of drug-likeness (QED) is 0.641. The van der Waals surface area contributed by atoms with Crippen LogP contribution in [0.25, 0.3) is 0 Å². The van der Waals surface area contributed by atoms with Crippen molar-refractivity contribution in [2.45, 2.75) is 45.1 Å². The smallest absolute Gasteiger partial charge is 0.271 e. The van der Waals surface area contributed by atoms with Crippen LogP contribution in [0.1, 0.15) is 38.2 Å². The summed E-state index contributed by atoms with van der Waals surface area (Å²) in [5.41, 5.74) is 2.04. The lowest BCUT2D eigenvalue weighted by atomic mass is 10.00. The average molecular weight is 234 g/mol. The molecule has 1 aliphatic carbocycles. The van der Waals surface area contributed by atoms with Gasteiger partial charge < -0.3 is 5.32 Å². The van der Waals surface area contributed by atoms with E-state index in [0.717, 1.165) is 24.1 Å². The maximum Gasteiger partial charge on any atom is 0.271 e. The third-order valence-electron chi connectivity index (χ3n) is 3.43. The second-order valence-electron chi connectivity index (χ2n) is 5.21. The van der Waals surface area contributed by atoms with E-state index in [4.69, 9.17) is 0 Å². The molecule has 0 spiro atoms. The largest absolute Gasteiger partial charge is 0.380 e. The molecule has 1 saturated carbocycles. The lowest BCUT2D eigenvalue weighted by Gasteiger charge is -2.26. The van der Waals surface area contributed by atoms with Crippen LogP contribution in [0.5, 0.6) is 0 Å². The molecule has 0 atom stereocenters. The highest BCUT2D eigenvalue weighted by Gasteiger charge is 2.28. The van der Waals surface area contributed by atoms with Gasteiger partial charge in [-0.25, -0.2) is 0 Å². The van der Waals surface area contributed by atoms with E-state index >= 15 is 0 Å². The Morgan fingerprint density at radius 2 is 1.94 bits per heavy atom. The van der Waals surface area contributed by atoms with Crippen molar-refractivity contribution in [3.8, 4) is 0 Å². The molecule has 1 aromatic rings. The van der Waals surface area contributed by atoms with E-state index in [-0.39, 0.29) is 16.1 Å². The first-order chi connectivity index (χ1) is 7.98. The summed E-state index contributed by atoms with van der Waals surface area (Å²) in [5, 5.41) is 14.2. The van der Waals surface area contributed by atoms with Crippen LogP contribution in [0.15, 0.2) is 18.2 Å². The Balaban J connectivity index is 2.23. The average Bonchev–Trinajstić information content (AvgIpc) is 2.63. The number of hydrogen-bond donors (Lipinski definition) is 1. The normalized spacial score (nSPS) is 18.0. The van der Waals surface area contributed by atoms with Gasteiger partial charge in [-0.05, 0) is 38.3 Å². The first-order valence-electron chi connectivity index (χ1n) is 6.03. The number of rotatable bonds is 3. The molecule has 0 unspecified atom stereocenters. The van der Waals surface area contributed by atoms with Crippen molar-refractivity contribution in [2.75, 3.05) is 5.32 Å². The van der Waals surface area contributed by atoms with Gasteiger partial charge in [0.15, 0.2) is 0 Å². The SMILES string of the molecule is Cc1cc(NC2(C)CCCC2)cc([N+](=O)[O-])c1. The maximum atomic E-state index is 10.8. The van der Waals surface area contributed by atoms with E-state index in [1.807, 2.05) is 13.0 Å². The minimum atomic E-state index is -0.338. The zero-order valence-electron chi connectivity index (χ0n) is 10.3. The molecular weight excluding hydrogens is 216 g/mol. The van der Waals surface area contributed by atoms with E-state index in [9.17, 15) is 10.1 Å². The molecule has 17 heavy (non-hydrogen) atoms. The van der Waals surface area contributed by atoms with Crippen molar-refractivity contribution in [1.82, 2.24) is 0 Å². The fraction of sp³-hybridized carbons (Fsp3) is 0.538. The lowest BCUT2D eigenvalue weighted by molar-refractivity contribution is -0.384. The van der Waals surface area contributed by atoms with Crippen LogP contribution in [0, 0.1) is 17.0 Å². The highest BCUT2D eigenvalue weighted by Crippen LogP contribution is 2.33. The van der Waals surface area contributed by atoms with Crippen LogP contribution >= 0.6 is 0 Å². The molecule has 1 N–H and O–H groups in total. The van der Waals surface area contributed by atoms with Crippen molar-refractivity contribution < 1.29 is 4.92 Å². The number of nitro groups is 1. The van der Waals surface area contributed by atoms with Crippen molar-refractivity contribution in [1.29, 1.82) is 0 Å². The van der Waals surface area contributed by atoms with Crippen LogP contribution in [0.2, 0.25) is 0 Å². The Hall–Kier alpha value is -1.58. The molecule has 0 heterocycles. The van der Waals surface area contributed by atoms with Gasteiger partial charge in [-0.1, -0.05) is 12.8 Å². The van der Waals surface area contributed by atoms with Gasteiger partial charge >= 0.3 is 0 Å². The van der Waals surface area contributed by atoms with Gasteiger partial charge in [0.1, 0.15) is 0 Å². The highest BCUT2D eigenvalue weighted by atomic mass is 16.6. The summed E-state index contributed by atoms with van der Waals surface area (Å²) >= 11 is 0. The van der Waals surface area contributed by atoms with E-state index in [1.54, 1.807) is 12.1 Å². The maximum absolute atomic E-state index is 10.8. The number of hydrogen-bond acceptors (Lipinski definition) is 3. The molecule has 1 fully saturated rings. The first-order valence-corrected chi connectivity index (χ1v) is 6.03. The van der Waals surface area contributed by atoms with Gasteiger partial charge in [-0.15, -0.1) is 0 Å². The number of nitro benzene ring substituents is 1. The van der Waals surface area contributed by atoms with Crippen molar-refractivity contribution in [3.63, 3.8) is 0 Å². The number of non-ortho nitro benzene ring substituents is 1. The molecule has 2 rings (SSSR count). The summed E-state index contributed by atoms with van der Waals surface area (Å²) in [5.74, 6) is 0. The van der Waals surface area contributed by atoms with Gasteiger partial charge in [-0.2, -0.15) is 0 Å². The minimum Gasteiger partial charge on any atom is -0.380 e. The van der Waals surface area contributed by atoms with Crippen LogP contribution in [0.3, 0.4) is 0 Å². The molecule has 4 nitrogen and oxygen atoms in total. The predicted molar refractivity (Wildman–Crippen MR) is 68.3 cm³/mol. The molecular formula is C13H18N2O2. The first kappa shape index (κ1) is 11.9. The zero-order valence-corrected chi connectivity index (χ0v) is 10.3. The molecule has 0 aliphatic heterocycles. The van der Waals surface area contributed by atoms with Gasteiger partial charge in [0, 0.05) is 23.4 Å². The number of nitrogens with zero attached hydrogens (tertiary/aromatic N) is 1. The van der Waals surface area contributed by atoms with E-state index in [0.29, 0.717) is 0 Å². The molecule has 1 aliphatic rings. The Labute approximate surface area is 101 Å². The zero-order chi connectivity index (χ0) is 12.5. The van der Waals surface area contributed by atoms with Crippen LogP contribution in [-0.4, -0.2) is 10.5 Å². The summed E-state index contributed by atoms with van der Waals surface area (Å²) in [7, 11) is 0. The summed E-state index contributed by atoms with van der Waals surface area (Å²) in [6, 6.07) is 5.19. The summed E-state index contributed by atoms with van der Waals surface area (Å²) in [6.45, 7) is 4.07. The molecule has 4 heteroatoms. The topological polar surface area (TPSA) is 55.2 Å². The third kappa shape index (κ3) is 2.75. The van der Waals surface area contributed by atoms with Gasteiger partial charge in [0.2, 0.25) is 0 Å². The van der Waals surface area contributed by atoms with Crippen LogP contribution in [0.4, 0.5) is 11.4 Å². The third-order valence-corrected chi connectivity index (χ3v) is 3.43. The minimum absolute atomic E-state index is 0.0989. The lowest BCUT2D eigenvalue weighted by Crippen LogP contribution is -2.30. The number of aryl methyl sites for hydroxylation is 1. The summed E-state index contributed by atoms with van der Waals surface area (Å²) < 4.78 is 0. The molecule has 92 valence electrons. The molecule has 0 amide bonds. The van der Waals surface area contributed by atoms with Crippen molar-refractivity contribution in [3.05, 3.63) is 33.9 Å². The van der Waals surface area contributed by atoms with Crippen LogP contribution in [-0.2, 0) is 0 Å². The molecule has 0 radical (unpaired) electrons. The second kappa shape index (κ2) is 4.35. The van der Waals surface area contributed by atoms with Crippen LogP contribution < -0.4 is 5.32 Å². The second-order valence-corrected chi connectivity index (χ2v) is 5.21. The molecule has 0 bridgehead atoms. The van der Waals surface area contributed by atoms with E-state index < -0.39 is 0 Å². The number of anilines is 1. The van der Waals surface area contributed by atoms with Crippen molar-refractivity contribution >= 4 is 11.4 Å². The van der Waals surface area contributed by atoms with E-state index in [2.05, 4.69) is 12.2 Å². The molecule has 0 aromatic heterocycles. The standard InChI is InChI=1S/C13H18N2O2/c1-10-7-11(9-12(8-10)15(16)17)14-13(2)5-3-4-6-13/h7-9,14H,3-6H2,1-2H3. The summed E-state index contributed by atoms with van der Waals surface area (Å²) in [4.78, 5) is 10.5. The van der Waals surface area contributed by atoms with Crippen molar-refractivity contribution in [2.24, 2.45) is 0 Å². The summed E-state index contributed by atoms with van der Waals surface area (Å²) in [6.07, 6.45) is 4.73. The Morgan fingerprint density at radius 1 is 1.29 bits per heavy atom. The Morgan fingerprint density at radius 3 is 2.53 bits per heavy atom. The van der Waals surface area contributed by atoms with Gasteiger partial charge in [-0.3, -0.25) is 10.1 Å². The fourth-order valence-corrected chi connectivity index (χ4v) is 2.57. The monoisotopic (exact) mass is 234 g/mol. The molecule has 0 saturated heterocycles. The Kier molecular flexibility index (Phi) is 3.05. The number of nitrogens with one attached hydrogen (secondary N) is 1. The highest BCUT2D eigenvalue weighted by molar-refractivity contribution is 5.55. The predicted octanol–water partition coefficient (Wildman–Crippen LogP) is 3.65. The fourth-order valence-electron chi connectivity index (χ4n) is 2.57. The van der Waals surface area contributed by atoms with Gasteiger partial charge in [0.05, 0.1) is 4.92 Å².